The van der Waals surface area contributed by atoms with Crippen molar-refractivity contribution in [3.8, 4) is 0 Å². The number of aryl methyl sites for hydroxylation is 1. The van der Waals surface area contributed by atoms with Crippen LogP contribution in [0, 0.1) is 5.82 Å². The molecule has 1 nitrogen and oxygen atoms in total. The molecule has 0 fully saturated rings. The lowest BCUT2D eigenvalue weighted by Gasteiger charge is -2.04. The van der Waals surface area contributed by atoms with E-state index in [0.29, 0.717) is 5.56 Å². The first-order valence-corrected chi connectivity index (χ1v) is 6.97. The fourth-order valence-corrected chi connectivity index (χ4v) is 2.88. The number of benzene rings is 2. The molecule has 96 valence electrons. The van der Waals surface area contributed by atoms with E-state index >= 15 is 0 Å². The van der Waals surface area contributed by atoms with Crippen molar-refractivity contribution in [1.82, 2.24) is 0 Å². The largest absolute Gasteiger partial charge is 0.399 e. The Labute approximate surface area is 120 Å². The minimum absolute atomic E-state index is 0.195. The maximum absolute atomic E-state index is 13.8. The van der Waals surface area contributed by atoms with Gasteiger partial charge in [-0.15, -0.1) is 0 Å². The lowest BCUT2D eigenvalue weighted by atomic mass is 10.0. The van der Waals surface area contributed by atoms with E-state index in [0.717, 1.165) is 23.0 Å². The maximum Gasteiger partial charge on any atom is 0.130 e. The summed E-state index contributed by atoms with van der Waals surface area (Å²) in [4.78, 5) is 0. The summed E-state index contributed by atoms with van der Waals surface area (Å²) in [6.45, 7) is 0. The van der Waals surface area contributed by atoms with E-state index in [2.05, 4.69) is 15.9 Å². The SMILES string of the molecule is Nc1ccc2c(c1)CCC2=Cc1cc(Br)ccc1F. The van der Waals surface area contributed by atoms with Crippen LogP contribution in [0.4, 0.5) is 10.1 Å². The lowest BCUT2D eigenvalue weighted by Crippen LogP contribution is -1.88. The highest BCUT2D eigenvalue weighted by atomic mass is 79.9. The maximum atomic E-state index is 13.8. The van der Waals surface area contributed by atoms with Gasteiger partial charge in [-0.3, -0.25) is 0 Å². The molecular formula is C16H13BrFN. The summed E-state index contributed by atoms with van der Waals surface area (Å²) in [6.07, 6.45) is 3.84. The fourth-order valence-electron chi connectivity index (χ4n) is 2.50. The second kappa shape index (κ2) is 4.82. The number of nitrogen functional groups attached to an aromatic ring is 1. The van der Waals surface area contributed by atoms with Crippen molar-refractivity contribution in [3.63, 3.8) is 0 Å². The summed E-state index contributed by atoms with van der Waals surface area (Å²) < 4.78 is 14.7. The quantitative estimate of drug-likeness (QED) is 0.761. The van der Waals surface area contributed by atoms with Gasteiger partial charge in [0.25, 0.3) is 0 Å². The molecule has 2 N–H and O–H groups in total. The highest BCUT2D eigenvalue weighted by Crippen LogP contribution is 2.35. The van der Waals surface area contributed by atoms with Crippen molar-refractivity contribution < 1.29 is 4.39 Å². The molecule has 0 amide bonds. The van der Waals surface area contributed by atoms with Crippen LogP contribution in [0.15, 0.2) is 40.9 Å². The second-order valence-corrected chi connectivity index (χ2v) is 5.67. The van der Waals surface area contributed by atoms with Gasteiger partial charge in [-0.1, -0.05) is 22.0 Å². The molecule has 0 heterocycles. The van der Waals surface area contributed by atoms with Crippen LogP contribution in [0.2, 0.25) is 0 Å². The van der Waals surface area contributed by atoms with Gasteiger partial charge in [-0.25, -0.2) is 4.39 Å². The van der Waals surface area contributed by atoms with Crippen molar-refractivity contribution in [2.45, 2.75) is 12.8 Å². The van der Waals surface area contributed by atoms with Gasteiger partial charge in [0, 0.05) is 15.7 Å². The zero-order chi connectivity index (χ0) is 13.4. The van der Waals surface area contributed by atoms with Crippen molar-refractivity contribution >= 4 is 33.3 Å². The van der Waals surface area contributed by atoms with Crippen molar-refractivity contribution in [3.05, 3.63) is 63.4 Å². The third-order valence-corrected chi connectivity index (χ3v) is 3.92. The monoisotopic (exact) mass is 317 g/mol. The Morgan fingerprint density at radius 1 is 1.11 bits per heavy atom. The molecule has 2 aromatic rings. The molecule has 1 aliphatic rings. The van der Waals surface area contributed by atoms with Crippen LogP contribution >= 0.6 is 15.9 Å². The summed E-state index contributed by atoms with van der Waals surface area (Å²) in [5, 5.41) is 0. The van der Waals surface area contributed by atoms with Gasteiger partial charge in [0.2, 0.25) is 0 Å². The molecule has 0 spiro atoms. The molecule has 0 radical (unpaired) electrons. The highest BCUT2D eigenvalue weighted by molar-refractivity contribution is 9.10. The standard InChI is InChI=1S/C16H13BrFN/c17-13-3-6-16(18)12(8-13)7-10-1-2-11-9-14(19)4-5-15(10)11/h3-9H,1-2,19H2. The third kappa shape index (κ3) is 2.43. The molecule has 3 rings (SSSR count). The number of rotatable bonds is 1. The first-order valence-electron chi connectivity index (χ1n) is 6.18. The number of fused-ring (bicyclic) bond motifs is 1. The molecule has 3 heteroatoms. The van der Waals surface area contributed by atoms with Gasteiger partial charge < -0.3 is 5.73 Å². The Balaban J connectivity index is 2.05. The zero-order valence-corrected chi connectivity index (χ0v) is 11.9. The molecule has 0 bridgehead atoms. The Morgan fingerprint density at radius 2 is 1.95 bits per heavy atom. The molecular weight excluding hydrogens is 305 g/mol. The summed E-state index contributed by atoms with van der Waals surface area (Å²) >= 11 is 3.37. The van der Waals surface area contributed by atoms with Crippen LogP contribution in [0.3, 0.4) is 0 Å². The average Bonchev–Trinajstić information content (AvgIpc) is 2.76. The first kappa shape index (κ1) is 12.4. The molecule has 0 aliphatic heterocycles. The van der Waals surface area contributed by atoms with E-state index in [9.17, 15) is 4.39 Å². The van der Waals surface area contributed by atoms with Gasteiger partial charge in [-0.2, -0.15) is 0 Å². The topological polar surface area (TPSA) is 26.0 Å². The fraction of sp³-hybridized carbons (Fsp3) is 0.125. The van der Waals surface area contributed by atoms with E-state index in [-0.39, 0.29) is 5.82 Å². The molecule has 19 heavy (non-hydrogen) atoms. The number of halogens is 2. The van der Waals surface area contributed by atoms with E-state index in [4.69, 9.17) is 5.73 Å². The lowest BCUT2D eigenvalue weighted by molar-refractivity contribution is 0.625. The van der Waals surface area contributed by atoms with Gasteiger partial charge in [0.15, 0.2) is 0 Å². The molecule has 0 saturated carbocycles. The minimum Gasteiger partial charge on any atom is -0.399 e. The molecule has 1 aliphatic carbocycles. The van der Waals surface area contributed by atoms with Crippen LogP contribution in [-0.2, 0) is 6.42 Å². The number of anilines is 1. The van der Waals surface area contributed by atoms with E-state index < -0.39 is 0 Å². The predicted molar refractivity (Wildman–Crippen MR) is 81.1 cm³/mol. The Bertz CT molecular complexity index is 676. The Hall–Kier alpha value is -1.61. The average molecular weight is 318 g/mol. The predicted octanol–water partition coefficient (Wildman–Crippen LogP) is 4.66. The number of nitrogens with two attached hydrogens (primary N) is 1. The van der Waals surface area contributed by atoms with Gasteiger partial charge in [0.05, 0.1) is 0 Å². The third-order valence-electron chi connectivity index (χ3n) is 3.43. The second-order valence-electron chi connectivity index (χ2n) is 4.75. The van der Waals surface area contributed by atoms with Gasteiger partial charge >= 0.3 is 0 Å². The molecule has 0 saturated heterocycles. The summed E-state index contributed by atoms with van der Waals surface area (Å²) in [6, 6.07) is 10.9. The van der Waals surface area contributed by atoms with E-state index in [1.54, 1.807) is 12.1 Å². The minimum atomic E-state index is -0.195. The van der Waals surface area contributed by atoms with Crippen molar-refractivity contribution in [1.29, 1.82) is 0 Å². The highest BCUT2D eigenvalue weighted by Gasteiger charge is 2.16. The smallest absolute Gasteiger partial charge is 0.130 e. The summed E-state index contributed by atoms with van der Waals surface area (Å²) in [7, 11) is 0. The van der Waals surface area contributed by atoms with E-state index in [1.165, 1.54) is 22.8 Å². The Morgan fingerprint density at radius 3 is 2.79 bits per heavy atom. The zero-order valence-electron chi connectivity index (χ0n) is 10.3. The van der Waals surface area contributed by atoms with Crippen LogP contribution in [-0.4, -0.2) is 0 Å². The van der Waals surface area contributed by atoms with Crippen LogP contribution in [0.5, 0.6) is 0 Å². The van der Waals surface area contributed by atoms with Crippen LogP contribution < -0.4 is 5.73 Å². The number of hydrogen-bond acceptors (Lipinski definition) is 1. The molecule has 0 aromatic heterocycles. The molecule has 2 aromatic carbocycles. The number of hydrogen-bond donors (Lipinski definition) is 1. The van der Waals surface area contributed by atoms with Crippen molar-refractivity contribution in [2.75, 3.05) is 5.73 Å². The summed E-state index contributed by atoms with van der Waals surface area (Å²) in [5.74, 6) is -0.195. The van der Waals surface area contributed by atoms with Crippen molar-refractivity contribution in [2.24, 2.45) is 0 Å². The number of allylic oxidation sites excluding steroid dienone is 1. The Kier molecular flexibility index (Phi) is 3.15. The molecule has 0 atom stereocenters. The molecule has 0 unspecified atom stereocenters. The normalized spacial score (nSPS) is 15.8. The van der Waals surface area contributed by atoms with E-state index in [1.807, 2.05) is 24.3 Å². The van der Waals surface area contributed by atoms with Crippen LogP contribution in [0.25, 0.3) is 11.6 Å². The summed E-state index contributed by atoms with van der Waals surface area (Å²) in [5.41, 5.74) is 10.8. The van der Waals surface area contributed by atoms with Crippen LogP contribution in [0.1, 0.15) is 23.1 Å². The van der Waals surface area contributed by atoms with Gasteiger partial charge in [0.1, 0.15) is 5.82 Å². The first-order chi connectivity index (χ1) is 9.13. The van der Waals surface area contributed by atoms with Gasteiger partial charge in [-0.05, 0) is 65.9 Å².